The van der Waals surface area contributed by atoms with Crippen LogP contribution in [-0.2, 0) is 23.1 Å². The summed E-state index contributed by atoms with van der Waals surface area (Å²) in [6.45, 7) is 0. The van der Waals surface area contributed by atoms with Gasteiger partial charge in [0.1, 0.15) is 0 Å². The maximum Gasteiger partial charge on any atom is 0.335 e. The minimum absolute atomic E-state index is 0. The minimum Gasteiger partial charge on any atom is -0.393 e. The lowest BCUT2D eigenvalue weighted by atomic mass is 9.93. The second-order valence-corrected chi connectivity index (χ2v) is 17.7. The number of benzene rings is 4. The number of rotatable bonds is 6. The largest absolute Gasteiger partial charge is 0.393 e. The molecular weight excluding hydrogens is 1060 g/mol. The first kappa shape index (κ1) is 61.0. The molecule has 4 heterocycles. The fourth-order valence-corrected chi connectivity index (χ4v) is 8.70. The van der Waals surface area contributed by atoms with E-state index in [1.54, 1.807) is 13.2 Å². The van der Waals surface area contributed by atoms with Crippen molar-refractivity contribution in [2.75, 3.05) is 12.4 Å². The Balaban J connectivity index is 0.000000287. The molecule has 2 aliphatic carbocycles. The molecule has 4 aromatic carbocycles. The SMILES string of the molecule is C.CN=P.Cl.Clc1ncc(Cl)c(-c2cn(-c3ccccc3)c3ccccc23)n1.N[C@@H]1CCC[C@@H](O)C1.O=S=O.O=S=O.O[C@@H]1CCC[C@@H](Nc2ncc(Cl)c(-c3cn(-c4ccccc4)c4ccccc34)n2)C1. The van der Waals surface area contributed by atoms with E-state index in [1.807, 2.05) is 66.9 Å². The van der Waals surface area contributed by atoms with Crippen LogP contribution in [0.25, 0.3) is 55.7 Å². The van der Waals surface area contributed by atoms with Crippen molar-refractivity contribution in [1.29, 1.82) is 0 Å². The molecule has 0 radical (unpaired) electrons. The van der Waals surface area contributed by atoms with Crippen LogP contribution in [0.4, 0.5) is 5.95 Å². The van der Waals surface area contributed by atoms with E-state index in [4.69, 9.17) is 67.5 Å². The number of hydrogen-bond donors (Lipinski definition) is 4. The normalized spacial score (nSPS) is 16.4. The summed E-state index contributed by atoms with van der Waals surface area (Å²) in [6.07, 6.45) is 14.5. The fraction of sp³-hybridized carbons (Fsp3) is 0.280. The van der Waals surface area contributed by atoms with E-state index in [2.05, 4.69) is 97.9 Å². The first-order valence-electron chi connectivity index (χ1n) is 22.0. The highest BCUT2D eigenvalue weighted by Crippen LogP contribution is 2.37. The molecule has 0 amide bonds. The van der Waals surface area contributed by atoms with E-state index < -0.39 is 23.1 Å². The van der Waals surface area contributed by atoms with Crippen LogP contribution in [0.1, 0.15) is 58.8 Å². The summed E-state index contributed by atoms with van der Waals surface area (Å²) in [5.74, 6) is 0.546. The molecule has 22 heteroatoms. The molecular formula is C50H56Cl4N9O6PS2. The highest BCUT2D eigenvalue weighted by atomic mass is 35.5. The average molecular weight is 1120 g/mol. The number of fused-ring (bicyclic) bond motifs is 2. The van der Waals surface area contributed by atoms with Gasteiger partial charge in [0.2, 0.25) is 11.2 Å². The zero-order chi connectivity index (χ0) is 50.4. The molecule has 15 nitrogen and oxygen atoms in total. The first-order valence-corrected chi connectivity index (χ1v) is 24.9. The number of nitrogens with zero attached hydrogens (tertiary/aromatic N) is 7. The van der Waals surface area contributed by atoms with Crippen LogP contribution in [0, 0.1) is 0 Å². The van der Waals surface area contributed by atoms with Gasteiger partial charge in [0.15, 0.2) is 0 Å². The summed E-state index contributed by atoms with van der Waals surface area (Å²) in [4.78, 5) is 17.4. The van der Waals surface area contributed by atoms with Crippen molar-refractivity contribution < 1.29 is 27.0 Å². The molecule has 382 valence electrons. The summed E-state index contributed by atoms with van der Waals surface area (Å²) in [5.41, 5.74) is 13.1. The van der Waals surface area contributed by atoms with Crippen LogP contribution >= 0.6 is 56.2 Å². The van der Waals surface area contributed by atoms with Gasteiger partial charge in [-0.2, -0.15) is 16.8 Å². The maximum absolute atomic E-state index is 9.96. The molecule has 8 aromatic rings. The van der Waals surface area contributed by atoms with Crippen molar-refractivity contribution in [3.05, 3.63) is 149 Å². The number of anilines is 1. The number of halogens is 4. The van der Waals surface area contributed by atoms with Crippen molar-refractivity contribution in [2.24, 2.45) is 10.5 Å². The van der Waals surface area contributed by atoms with Crippen LogP contribution in [0.15, 0.2) is 139 Å². The van der Waals surface area contributed by atoms with E-state index >= 15 is 0 Å². The molecule has 5 N–H and O–H groups in total. The standard InChI is InChI=1S/C24H23ClN4O.C18H11Cl2N3.C6H13NO.CH4NP.CH4.ClH.2O2S/c25-21-14-26-24(27-16-7-6-10-18(30)13-16)28-23(21)20-15-29(17-8-2-1-3-9-17)22-12-5-4-11-19(20)22;19-15-10-21-18(20)22-17(15)14-11-23(12-6-2-1-3-7-12)16-9-5-4-8-13(14)16;7-5-2-1-3-6(8)4-5;1-2-3;;;2*1-3-2/h1-5,8-9,11-12,14-16,18,30H,6-7,10,13H2,(H,26,27,28);1-11H;5-6,8H,1-4,7H2;3H,1H3;1H4;1H;;/t16-,18-;;5-,6-;;;;;/m1.1...../s1. The Morgan fingerprint density at radius 3 is 1.51 bits per heavy atom. The van der Waals surface area contributed by atoms with Gasteiger partial charge >= 0.3 is 23.1 Å². The zero-order valence-electron chi connectivity index (χ0n) is 38.3. The molecule has 10 rings (SSSR count). The predicted molar refractivity (Wildman–Crippen MR) is 296 cm³/mol. The van der Waals surface area contributed by atoms with Crippen LogP contribution in [0.2, 0.25) is 15.3 Å². The van der Waals surface area contributed by atoms with Gasteiger partial charge in [-0.3, -0.25) is 4.74 Å². The van der Waals surface area contributed by atoms with Crippen molar-refractivity contribution >= 4 is 107 Å². The third kappa shape index (κ3) is 17.4. The molecule has 2 aliphatic rings. The highest BCUT2D eigenvalue weighted by Gasteiger charge is 2.22. The number of para-hydroxylation sites is 4. The van der Waals surface area contributed by atoms with Crippen LogP contribution < -0.4 is 11.1 Å². The Kier molecular flexibility index (Phi) is 27.1. The van der Waals surface area contributed by atoms with Gasteiger partial charge in [-0.1, -0.05) is 103 Å². The van der Waals surface area contributed by atoms with Gasteiger partial charge in [-0.05, 0) is 108 Å². The van der Waals surface area contributed by atoms with Gasteiger partial charge in [0, 0.05) is 64.8 Å². The lowest BCUT2D eigenvalue weighted by Crippen LogP contribution is -2.30. The molecule has 0 spiro atoms. The van der Waals surface area contributed by atoms with Gasteiger partial charge in [0.25, 0.3) is 0 Å². The number of nitrogens with one attached hydrogen (secondary N) is 1. The number of aromatic nitrogens is 6. The molecule has 0 saturated heterocycles. The predicted octanol–water partition coefficient (Wildman–Crippen LogP) is 11.8. The number of aliphatic hydroxyl groups excluding tert-OH is 2. The Hall–Kier alpha value is -5.30. The lowest BCUT2D eigenvalue weighted by molar-refractivity contribution is 0.120. The first-order chi connectivity index (χ1) is 34.0. The van der Waals surface area contributed by atoms with E-state index in [0.717, 1.165) is 89.3 Å². The van der Waals surface area contributed by atoms with Crippen molar-refractivity contribution in [2.45, 2.75) is 83.1 Å². The van der Waals surface area contributed by atoms with Gasteiger partial charge in [-0.25, -0.2) is 19.9 Å². The molecule has 4 aromatic heterocycles. The van der Waals surface area contributed by atoms with Crippen LogP contribution in [-0.4, -0.2) is 87.5 Å². The van der Waals surface area contributed by atoms with E-state index in [9.17, 15) is 5.11 Å². The molecule has 0 aliphatic heterocycles. The minimum atomic E-state index is -0.750. The van der Waals surface area contributed by atoms with Gasteiger partial charge in [0.05, 0.1) is 57.1 Å². The van der Waals surface area contributed by atoms with Crippen LogP contribution in [0.3, 0.4) is 0 Å². The van der Waals surface area contributed by atoms with Crippen LogP contribution in [0.5, 0.6) is 0 Å². The number of aliphatic hydroxyl groups is 2. The second-order valence-electron chi connectivity index (χ2n) is 15.9. The van der Waals surface area contributed by atoms with Gasteiger partial charge < -0.3 is 30.4 Å². The number of nitrogens with two attached hydrogens (primary N) is 1. The third-order valence-electron chi connectivity index (χ3n) is 11.1. The lowest BCUT2D eigenvalue weighted by Gasteiger charge is -2.26. The van der Waals surface area contributed by atoms with Crippen molar-refractivity contribution in [1.82, 2.24) is 29.1 Å². The maximum atomic E-state index is 9.96. The zero-order valence-corrected chi connectivity index (χ0v) is 44.0. The monoisotopic (exact) mass is 1110 g/mol. The molecule has 0 bridgehead atoms. The highest BCUT2D eigenvalue weighted by molar-refractivity contribution is 7.52. The van der Waals surface area contributed by atoms with E-state index in [-0.39, 0.29) is 49.4 Å². The molecule has 72 heavy (non-hydrogen) atoms. The Morgan fingerprint density at radius 1 is 0.653 bits per heavy atom. The molecule has 4 atom stereocenters. The summed E-state index contributed by atoms with van der Waals surface area (Å²) in [5, 5.41) is 25.7. The third-order valence-corrected chi connectivity index (χ3v) is 11.9. The Labute approximate surface area is 449 Å². The topological polar surface area (TPSA) is 221 Å². The summed E-state index contributed by atoms with van der Waals surface area (Å²) in [6, 6.07) is 37.2. The number of hydrogen-bond acceptors (Lipinski definition) is 13. The molecule has 2 fully saturated rings. The summed E-state index contributed by atoms with van der Waals surface area (Å²) >= 11 is 17.3. The summed E-state index contributed by atoms with van der Waals surface area (Å²) in [7, 11) is 4.47. The fourth-order valence-electron chi connectivity index (χ4n) is 8.18. The van der Waals surface area contributed by atoms with Crippen molar-refractivity contribution in [3.8, 4) is 33.9 Å². The van der Waals surface area contributed by atoms with E-state index in [1.165, 1.54) is 6.20 Å². The van der Waals surface area contributed by atoms with E-state index in [0.29, 0.717) is 33.8 Å². The average Bonchev–Trinajstić information content (AvgIpc) is 3.94. The van der Waals surface area contributed by atoms with Gasteiger partial charge in [-0.15, -0.1) is 12.4 Å². The van der Waals surface area contributed by atoms with Crippen molar-refractivity contribution in [3.63, 3.8) is 0 Å². The molecule has 2 saturated carbocycles. The summed E-state index contributed by atoms with van der Waals surface area (Å²) < 4.78 is 40.8. The second kappa shape index (κ2) is 32.0. The Morgan fingerprint density at radius 2 is 1.07 bits per heavy atom. The Bertz CT molecular complexity index is 2980. The molecule has 0 unspecified atom stereocenters. The quantitative estimate of drug-likeness (QED) is 0.0902. The smallest absolute Gasteiger partial charge is 0.335 e.